The van der Waals surface area contributed by atoms with E-state index in [1.54, 1.807) is 24.3 Å². The zero-order valence-corrected chi connectivity index (χ0v) is 17.2. The molecule has 0 atom stereocenters. The minimum Gasteiger partial charge on any atom is -0.429 e. The number of rotatable bonds is 6. The highest BCUT2D eigenvalue weighted by atomic mass is 19.3. The van der Waals surface area contributed by atoms with Crippen LogP contribution in [0, 0.1) is 35.1 Å². The highest BCUT2D eigenvalue weighted by Gasteiger charge is 2.41. The molecule has 1 nitrogen and oxygen atoms in total. The van der Waals surface area contributed by atoms with E-state index in [0.29, 0.717) is 17.7 Å². The molecule has 0 unspecified atom stereocenters. The first-order valence-corrected chi connectivity index (χ1v) is 9.73. The van der Waals surface area contributed by atoms with Crippen LogP contribution >= 0.6 is 0 Å². The van der Waals surface area contributed by atoms with Crippen LogP contribution < -0.4 is 4.74 Å². The van der Waals surface area contributed by atoms with Crippen molar-refractivity contribution >= 4 is 0 Å². The highest BCUT2D eigenvalue weighted by Crippen LogP contribution is 2.37. The summed E-state index contributed by atoms with van der Waals surface area (Å²) >= 11 is 0. The summed E-state index contributed by atoms with van der Waals surface area (Å²) in [6.45, 7) is 3.35. The lowest BCUT2D eigenvalue weighted by molar-refractivity contribution is -0.189. The predicted octanol–water partition coefficient (Wildman–Crippen LogP) is 7.36. The van der Waals surface area contributed by atoms with E-state index in [4.69, 9.17) is 0 Å². The zero-order valence-electron chi connectivity index (χ0n) is 17.2. The van der Waals surface area contributed by atoms with Crippen LogP contribution in [0.2, 0.25) is 0 Å². The lowest BCUT2D eigenvalue weighted by Crippen LogP contribution is -2.25. The van der Waals surface area contributed by atoms with Gasteiger partial charge in [-0.25, -0.2) is 17.6 Å². The Balaban J connectivity index is 1.93. The van der Waals surface area contributed by atoms with Crippen LogP contribution in [0.25, 0.3) is 11.1 Å². The summed E-state index contributed by atoms with van der Waals surface area (Å²) in [4.78, 5) is 0. The third-order valence-electron chi connectivity index (χ3n) is 4.67. The molecule has 0 aliphatic rings. The quantitative estimate of drug-likeness (QED) is 0.283. The van der Waals surface area contributed by atoms with Crippen LogP contribution in [0.5, 0.6) is 5.75 Å². The lowest BCUT2D eigenvalue weighted by Gasteiger charge is -2.20. The average molecular weight is 448 g/mol. The molecule has 0 bridgehead atoms. The van der Waals surface area contributed by atoms with E-state index in [-0.39, 0.29) is 5.56 Å². The van der Waals surface area contributed by atoms with Crippen molar-refractivity contribution in [2.45, 2.75) is 32.8 Å². The van der Waals surface area contributed by atoms with Crippen LogP contribution in [-0.4, -0.2) is 0 Å². The second-order valence-corrected chi connectivity index (χ2v) is 7.02. The number of ether oxygens (including phenoxy) is 1. The first kappa shape index (κ1) is 23.3. The molecule has 3 aromatic carbocycles. The van der Waals surface area contributed by atoms with Crippen LogP contribution in [0.3, 0.4) is 0 Å². The lowest BCUT2D eigenvalue weighted by atomic mass is 10.00. The summed E-state index contributed by atoms with van der Waals surface area (Å²) in [5.41, 5.74) is -0.765. The Kier molecular flexibility index (Phi) is 6.83. The first-order chi connectivity index (χ1) is 15.2. The molecule has 0 aromatic heterocycles. The molecule has 32 heavy (non-hydrogen) atoms. The van der Waals surface area contributed by atoms with Gasteiger partial charge >= 0.3 is 6.11 Å². The average Bonchev–Trinajstić information content (AvgIpc) is 2.70. The SMILES string of the molecule is CC#Cc1c(F)cc(OC(F)(F)c2c(F)cc(-c3ccc(CCC)cc3)cc2F)cc1F. The molecule has 0 saturated carbocycles. The Labute approximate surface area is 181 Å². The second-order valence-electron chi connectivity index (χ2n) is 7.02. The van der Waals surface area contributed by atoms with Gasteiger partial charge in [-0.05, 0) is 42.2 Å². The minimum absolute atomic E-state index is 0.0576. The normalized spacial score (nSPS) is 11.1. The van der Waals surface area contributed by atoms with E-state index >= 15 is 0 Å². The Morgan fingerprint density at radius 2 is 1.38 bits per heavy atom. The van der Waals surface area contributed by atoms with Gasteiger partial charge in [0.1, 0.15) is 34.6 Å². The number of alkyl halides is 2. The van der Waals surface area contributed by atoms with Crippen molar-refractivity contribution in [3.05, 3.63) is 88.5 Å². The maximum atomic E-state index is 14.6. The molecule has 0 fully saturated rings. The molecule has 0 amide bonds. The standard InChI is InChI=1S/C25H18F6O/c1-3-5-15-7-9-16(10-8-15)17-11-22(28)24(23(29)12-17)25(30,31)32-18-13-20(26)19(6-4-2)21(27)14-18/h7-14H,3,5H2,1-2H3. The van der Waals surface area contributed by atoms with Gasteiger partial charge in [-0.2, -0.15) is 8.78 Å². The highest BCUT2D eigenvalue weighted by molar-refractivity contribution is 5.64. The van der Waals surface area contributed by atoms with Gasteiger partial charge in [-0.1, -0.05) is 43.5 Å². The van der Waals surface area contributed by atoms with E-state index in [1.807, 2.05) is 6.92 Å². The van der Waals surface area contributed by atoms with E-state index in [0.717, 1.165) is 30.5 Å². The van der Waals surface area contributed by atoms with Gasteiger partial charge in [0.2, 0.25) is 0 Å². The predicted molar refractivity (Wildman–Crippen MR) is 109 cm³/mol. The van der Waals surface area contributed by atoms with Crippen molar-refractivity contribution in [1.82, 2.24) is 0 Å². The molecular weight excluding hydrogens is 430 g/mol. The van der Waals surface area contributed by atoms with E-state index in [2.05, 4.69) is 16.6 Å². The molecule has 0 spiro atoms. The summed E-state index contributed by atoms with van der Waals surface area (Å²) in [5, 5.41) is 0. The van der Waals surface area contributed by atoms with Crippen molar-refractivity contribution in [2.75, 3.05) is 0 Å². The van der Waals surface area contributed by atoms with Gasteiger partial charge in [-0.15, -0.1) is 5.92 Å². The maximum absolute atomic E-state index is 14.6. The number of aryl methyl sites for hydroxylation is 1. The molecule has 3 rings (SSSR count). The first-order valence-electron chi connectivity index (χ1n) is 9.73. The fourth-order valence-corrected chi connectivity index (χ4v) is 3.22. The Morgan fingerprint density at radius 1 is 0.812 bits per heavy atom. The van der Waals surface area contributed by atoms with Crippen molar-refractivity contribution < 1.29 is 31.1 Å². The van der Waals surface area contributed by atoms with Crippen LogP contribution in [0.4, 0.5) is 26.3 Å². The largest absolute Gasteiger partial charge is 0.432 e. The number of hydrogen-bond donors (Lipinski definition) is 0. The van der Waals surface area contributed by atoms with Gasteiger partial charge in [-0.3, -0.25) is 0 Å². The van der Waals surface area contributed by atoms with Crippen molar-refractivity contribution in [2.24, 2.45) is 0 Å². The van der Waals surface area contributed by atoms with Gasteiger partial charge in [0, 0.05) is 12.1 Å². The smallest absolute Gasteiger partial charge is 0.429 e. The molecule has 0 N–H and O–H groups in total. The summed E-state index contributed by atoms with van der Waals surface area (Å²) in [7, 11) is 0. The van der Waals surface area contributed by atoms with Crippen LogP contribution in [-0.2, 0) is 12.5 Å². The zero-order chi connectivity index (χ0) is 23.5. The molecule has 0 aliphatic heterocycles. The number of hydrogen-bond acceptors (Lipinski definition) is 1. The van der Waals surface area contributed by atoms with E-state index in [1.165, 1.54) is 6.92 Å². The molecule has 0 radical (unpaired) electrons. The second kappa shape index (κ2) is 9.39. The molecule has 0 aliphatic carbocycles. The maximum Gasteiger partial charge on any atom is 0.432 e. The monoisotopic (exact) mass is 448 g/mol. The molecule has 3 aromatic rings. The molecule has 166 valence electrons. The van der Waals surface area contributed by atoms with Crippen LogP contribution in [0.15, 0.2) is 48.5 Å². The van der Waals surface area contributed by atoms with Gasteiger partial charge in [0.15, 0.2) is 0 Å². The van der Waals surface area contributed by atoms with Crippen molar-refractivity contribution in [3.8, 4) is 28.7 Å². The fraction of sp³-hybridized carbons (Fsp3) is 0.200. The fourth-order valence-electron chi connectivity index (χ4n) is 3.22. The molecule has 7 heteroatoms. The summed E-state index contributed by atoms with van der Waals surface area (Å²) < 4.78 is 90.4. The van der Waals surface area contributed by atoms with E-state index in [9.17, 15) is 26.3 Å². The topological polar surface area (TPSA) is 9.23 Å². The van der Waals surface area contributed by atoms with Gasteiger partial charge in [0.25, 0.3) is 0 Å². The number of benzene rings is 3. The molecular formula is C25H18F6O. The van der Waals surface area contributed by atoms with Crippen molar-refractivity contribution in [3.63, 3.8) is 0 Å². The van der Waals surface area contributed by atoms with Crippen molar-refractivity contribution in [1.29, 1.82) is 0 Å². The van der Waals surface area contributed by atoms with Gasteiger partial charge < -0.3 is 4.74 Å². The summed E-state index contributed by atoms with van der Waals surface area (Å²) in [6, 6.07) is 9.31. The molecule has 0 saturated heterocycles. The Morgan fingerprint density at radius 3 is 1.88 bits per heavy atom. The molecule has 0 heterocycles. The van der Waals surface area contributed by atoms with E-state index < -0.39 is 46.3 Å². The third kappa shape index (κ3) is 4.91. The third-order valence-corrected chi connectivity index (χ3v) is 4.67. The summed E-state index contributed by atoms with van der Waals surface area (Å²) in [6.07, 6.45) is -2.78. The Hall–Kier alpha value is -3.40. The Bertz CT molecular complexity index is 1140. The summed E-state index contributed by atoms with van der Waals surface area (Å²) in [5.74, 6) is -2.11. The number of halogens is 6. The van der Waals surface area contributed by atoms with Crippen LogP contribution in [0.1, 0.15) is 37.0 Å². The minimum atomic E-state index is -4.53. The van der Waals surface area contributed by atoms with Gasteiger partial charge in [0.05, 0.1) is 5.56 Å².